The summed E-state index contributed by atoms with van der Waals surface area (Å²) in [5.74, 6) is -0.423. The van der Waals surface area contributed by atoms with Gasteiger partial charge in [-0.1, -0.05) is 30.3 Å². The van der Waals surface area contributed by atoms with Crippen molar-refractivity contribution in [1.29, 1.82) is 0 Å². The van der Waals surface area contributed by atoms with Gasteiger partial charge in [0.05, 0.1) is 29.9 Å². The zero-order chi connectivity index (χ0) is 21.4. The number of nitrogens with zero attached hydrogens (tertiary/aromatic N) is 2. The van der Waals surface area contributed by atoms with Crippen LogP contribution in [-0.4, -0.2) is 20.7 Å². The van der Waals surface area contributed by atoms with E-state index in [2.05, 4.69) is 15.4 Å². The Morgan fingerprint density at radius 3 is 2.70 bits per heavy atom. The van der Waals surface area contributed by atoms with Crippen LogP contribution < -0.4 is 5.32 Å². The van der Waals surface area contributed by atoms with Crippen LogP contribution in [0.15, 0.2) is 48.7 Å². The number of rotatable bonds is 5. The van der Waals surface area contributed by atoms with Gasteiger partial charge >= 0.3 is 0 Å². The first kappa shape index (κ1) is 19.9. The number of aryl methyl sites for hydroxylation is 2. The van der Waals surface area contributed by atoms with E-state index in [1.165, 1.54) is 6.07 Å². The van der Waals surface area contributed by atoms with E-state index in [1.807, 2.05) is 62.7 Å². The monoisotopic (exact) mass is 404 g/mol. The second kappa shape index (κ2) is 7.78. The minimum Gasteiger partial charge on any atom is -0.356 e. The second-order valence-corrected chi connectivity index (χ2v) is 7.74. The van der Waals surface area contributed by atoms with Crippen LogP contribution in [0.1, 0.15) is 41.0 Å². The maximum Gasteiger partial charge on any atom is 0.224 e. The van der Waals surface area contributed by atoms with Crippen molar-refractivity contribution in [2.45, 2.75) is 40.2 Å². The molecule has 0 spiro atoms. The van der Waals surface area contributed by atoms with Gasteiger partial charge in [0.2, 0.25) is 5.91 Å². The number of fused-ring (bicyclic) bond motifs is 1. The van der Waals surface area contributed by atoms with Crippen molar-refractivity contribution in [1.82, 2.24) is 20.1 Å². The minimum atomic E-state index is -0.310. The Morgan fingerprint density at radius 1 is 1.17 bits per heavy atom. The van der Waals surface area contributed by atoms with Crippen molar-refractivity contribution in [3.05, 3.63) is 82.6 Å². The fourth-order valence-corrected chi connectivity index (χ4v) is 4.02. The van der Waals surface area contributed by atoms with Crippen LogP contribution in [0, 0.1) is 26.6 Å². The molecule has 1 amide bonds. The van der Waals surface area contributed by atoms with Crippen LogP contribution in [0.5, 0.6) is 0 Å². The van der Waals surface area contributed by atoms with E-state index < -0.39 is 0 Å². The average Bonchev–Trinajstić information content (AvgIpc) is 3.24. The Kier molecular flexibility index (Phi) is 5.16. The molecule has 0 aliphatic heterocycles. The highest BCUT2D eigenvalue weighted by atomic mass is 19.1. The molecule has 0 saturated carbocycles. The van der Waals surface area contributed by atoms with Gasteiger partial charge in [-0.15, -0.1) is 0 Å². The number of hydrogen-bond donors (Lipinski definition) is 2. The fourth-order valence-electron chi connectivity index (χ4n) is 4.02. The minimum absolute atomic E-state index is 0.112. The summed E-state index contributed by atoms with van der Waals surface area (Å²) in [5.41, 5.74) is 6.19. The molecular formula is C24H25FN4O. The van der Waals surface area contributed by atoms with Gasteiger partial charge in [-0.05, 0) is 51.0 Å². The molecule has 30 heavy (non-hydrogen) atoms. The lowest BCUT2D eigenvalue weighted by atomic mass is 10.1. The van der Waals surface area contributed by atoms with Crippen LogP contribution >= 0.6 is 0 Å². The van der Waals surface area contributed by atoms with Crippen molar-refractivity contribution < 1.29 is 9.18 Å². The molecule has 0 fully saturated rings. The molecule has 2 N–H and O–H groups in total. The van der Waals surface area contributed by atoms with Crippen LogP contribution in [-0.2, 0) is 11.2 Å². The smallest absolute Gasteiger partial charge is 0.224 e. The summed E-state index contributed by atoms with van der Waals surface area (Å²) >= 11 is 0. The number of halogens is 1. The highest BCUT2D eigenvalue weighted by molar-refractivity contribution is 5.90. The molecule has 0 aliphatic carbocycles. The second-order valence-electron chi connectivity index (χ2n) is 7.74. The quantitative estimate of drug-likeness (QED) is 0.500. The number of aromatic nitrogens is 3. The van der Waals surface area contributed by atoms with Crippen LogP contribution in [0.3, 0.4) is 0 Å². The lowest BCUT2D eigenvalue weighted by molar-refractivity contribution is -0.121. The van der Waals surface area contributed by atoms with Gasteiger partial charge in [0.25, 0.3) is 0 Å². The maximum atomic E-state index is 14.0. The van der Waals surface area contributed by atoms with E-state index >= 15 is 0 Å². The predicted octanol–water partition coefficient (Wildman–Crippen LogP) is 4.84. The van der Waals surface area contributed by atoms with E-state index in [0.717, 1.165) is 39.2 Å². The summed E-state index contributed by atoms with van der Waals surface area (Å²) < 4.78 is 15.9. The number of aromatic amines is 1. The van der Waals surface area contributed by atoms with Gasteiger partial charge < -0.3 is 10.3 Å². The van der Waals surface area contributed by atoms with Crippen molar-refractivity contribution >= 4 is 16.8 Å². The normalized spacial score (nSPS) is 12.3. The third kappa shape index (κ3) is 3.49. The lowest BCUT2D eigenvalue weighted by Crippen LogP contribution is -2.28. The zero-order valence-electron chi connectivity index (χ0n) is 17.6. The van der Waals surface area contributed by atoms with Gasteiger partial charge in [-0.3, -0.25) is 4.79 Å². The Bertz CT molecular complexity index is 1240. The molecule has 2 aromatic heterocycles. The summed E-state index contributed by atoms with van der Waals surface area (Å²) in [6.45, 7) is 7.87. The number of para-hydroxylation sites is 2. The van der Waals surface area contributed by atoms with Gasteiger partial charge in [0.15, 0.2) is 0 Å². The number of nitrogens with one attached hydrogen (secondary N) is 2. The van der Waals surface area contributed by atoms with E-state index in [0.29, 0.717) is 5.52 Å². The molecule has 6 heteroatoms. The van der Waals surface area contributed by atoms with Crippen molar-refractivity contribution in [2.24, 2.45) is 0 Å². The molecule has 0 bridgehead atoms. The molecule has 4 rings (SSSR count). The Hall–Kier alpha value is -3.41. The first-order valence-corrected chi connectivity index (χ1v) is 10.0. The number of H-pyrrole nitrogens is 1. The highest BCUT2D eigenvalue weighted by Gasteiger charge is 2.19. The summed E-state index contributed by atoms with van der Waals surface area (Å²) in [6.07, 6.45) is 1.99. The number of hydrogen-bond acceptors (Lipinski definition) is 2. The third-order valence-corrected chi connectivity index (χ3v) is 5.68. The molecular weight excluding hydrogens is 379 g/mol. The first-order valence-electron chi connectivity index (χ1n) is 10.0. The summed E-state index contributed by atoms with van der Waals surface area (Å²) in [6, 6.07) is 12.8. The molecule has 0 unspecified atom stereocenters. The SMILES string of the molecule is Cc1ccccc1-n1ncc([C@@H](C)NC(=O)Cc2c(C)[nH]c3c(F)cccc23)c1C. The zero-order valence-corrected chi connectivity index (χ0v) is 17.6. The standard InChI is InChI=1S/C24H25FN4O/c1-14-8-5-6-11-22(14)29-17(4)20(13-26-29)16(3)27-23(30)12-19-15(2)28-24-18(19)9-7-10-21(24)25/h5-11,13,16,28H,12H2,1-4H3,(H,27,30)/t16-/m1/s1. The van der Waals surface area contributed by atoms with E-state index in [1.54, 1.807) is 12.3 Å². The predicted molar refractivity (Wildman–Crippen MR) is 116 cm³/mol. The van der Waals surface area contributed by atoms with Crippen molar-refractivity contribution in [2.75, 3.05) is 0 Å². The lowest BCUT2D eigenvalue weighted by Gasteiger charge is -2.15. The van der Waals surface area contributed by atoms with Gasteiger partial charge in [-0.2, -0.15) is 5.10 Å². The number of benzene rings is 2. The molecule has 2 heterocycles. The third-order valence-electron chi connectivity index (χ3n) is 5.68. The molecule has 154 valence electrons. The molecule has 5 nitrogen and oxygen atoms in total. The number of carbonyl (C=O) groups is 1. The van der Waals surface area contributed by atoms with E-state index in [4.69, 9.17) is 0 Å². The summed E-state index contributed by atoms with van der Waals surface area (Å²) in [4.78, 5) is 15.8. The molecule has 0 saturated heterocycles. The van der Waals surface area contributed by atoms with Gasteiger partial charge in [0, 0.05) is 22.3 Å². The van der Waals surface area contributed by atoms with Crippen LogP contribution in [0.2, 0.25) is 0 Å². The van der Waals surface area contributed by atoms with E-state index in [9.17, 15) is 9.18 Å². The molecule has 4 aromatic rings. The molecule has 1 atom stereocenters. The van der Waals surface area contributed by atoms with Crippen LogP contribution in [0.4, 0.5) is 4.39 Å². The number of amides is 1. The van der Waals surface area contributed by atoms with Crippen molar-refractivity contribution in [3.63, 3.8) is 0 Å². The topological polar surface area (TPSA) is 62.7 Å². The average molecular weight is 404 g/mol. The van der Waals surface area contributed by atoms with E-state index in [-0.39, 0.29) is 24.2 Å². The number of carbonyl (C=O) groups excluding carboxylic acids is 1. The first-order chi connectivity index (χ1) is 14.4. The fraction of sp³-hybridized carbons (Fsp3) is 0.250. The largest absolute Gasteiger partial charge is 0.356 e. The van der Waals surface area contributed by atoms with Crippen molar-refractivity contribution in [3.8, 4) is 5.69 Å². The highest BCUT2D eigenvalue weighted by Crippen LogP contribution is 2.26. The van der Waals surface area contributed by atoms with Crippen LogP contribution in [0.25, 0.3) is 16.6 Å². The summed E-state index contributed by atoms with van der Waals surface area (Å²) in [5, 5.41) is 8.34. The molecule has 2 aromatic carbocycles. The molecule has 0 radical (unpaired) electrons. The molecule has 0 aliphatic rings. The van der Waals surface area contributed by atoms with Gasteiger partial charge in [0.1, 0.15) is 5.82 Å². The Morgan fingerprint density at radius 2 is 1.93 bits per heavy atom. The summed E-state index contributed by atoms with van der Waals surface area (Å²) in [7, 11) is 0. The Labute approximate surface area is 174 Å². The Balaban J connectivity index is 1.53. The van der Waals surface area contributed by atoms with Gasteiger partial charge in [-0.25, -0.2) is 9.07 Å². The maximum absolute atomic E-state index is 14.0.